The molecule has 0 aliphatic carbocycles. The van der Waals surface area contributed by atoms with Gasteiger partial charge in [-0.05, 0) is 18.9 Å². The molecule has 0 unspecified atom stereocenters. The molecule has 3 nitrogen and oxygen atoms in total. The molecular formula is C16H20N2O. The topological polar surface area (TPSA) is 34.9 Å². The summed E-state index contributed by atoms with van der Waals surface area (Å²) in [5, 5.41) is 4.51. The molecule has 19 heavy (non-hydrogen) atoms. The quantitative estimate of drug-likeness (QED) is 0.739. The van der Waals surface area contributed by atoms with E-state index in [9.17, 15) is 4.79 Å². The van der Waals surface area contributed by atoms with E-state index in [1.165, 1.54) is 0 Å². The Morgan fingerprint density at radius 3 is 2.47 bits per heavy atom. The van der Waals surface area contributed by atoms with E-state index < -0.39 is 0 Å². The summed E-state index contributed by atoms with van der Waals surface area (Å²) in [6, 6.07) is 11.8. The van der Waals surface area contributed by atoms with Gasteiger partial charge >= 0.3 is 0 Å². The lowest BCUT2D eigenvalue weighted by molar-refractivity contribution is 0.0991. The Morgan fingerprint density at radius 2 is 1.84 bits per heavy atom. The number of benzene rings is 1. The van der Waals surface area contributed by atoms with Gasteiger partial charge in [0.25, 0.3) is 0 Å². The van der Waals surface area contributed by atoms with Crippen LogP contribution >= 0.6 is 0 Å². The highest BCUT2D eigenvalue weighted by molar-refractivity contribution is 5.97. The monoisotopic (exact) mass is 256 g/mol. The van der Waals surface area contributed by atoms with Gasteiger partial charge in [-0.25, -0.2) is 0 Å². The van der Waals surface area contributed by atoms with E-state index in [4.69, 9.17) is 0 Å². The smallest absolute Gasteiger partial charge is 0.168 e. The zero-order chi connectivity index (χ0) is 13.7. The Kier molecular flexibility index (Phi) is 4.50. The molecular weight excluding hydrogens is 236 g/mol. The van der Waals surface area contributed by atoms with Gasteiger partial charge in [-0.3, -0.25) is 9.48 Å². The lowest BCUT2D eigenvalue weighted by Crippen LogP contribution is -2.09. The van der Waals surface area contributed by atoms with Crippen LogP contribution in [0.25, 0.3) is 0 Å². The van der Waals surface area contributed by atoms with Crippen molar-refractivity contribution in [2.45, 2.75) is 39.2 Å². The summed E-state index contributed by atoms with van der Waals surface area (Å²) in [6.45, 7) is 4.31. The minimum Gasteiger partial charge on any atom is -0.294 e. The normalized spacial score (nSPS) is 10.9. The summed E-state index contributed by atoms with van der Waals surface area (Å²) in [4.78, 5) is 12.1. The molecule has 0 aliphatic rings. The molecule has 1 aromatic heterocycles. The van der Waals surface area contributed by atoms with Gasteiger partial charge in [0.2, 0.25) is 0 Å². The van der Waals surface area contributed by atoms with E-state index in [1.54, 1.807) is 0 Å². The van der Waals surface area contributed by atoms with Crippen molar-refractivity contribution in [1.29, 1.82) is 0 Å². The van der Waals surface area contributed by atoms with Crippen molar-refractivity contribution in [3.8, 4) is 0 Å². The van der Waals surface area contributed by atoms with E-state index in [-0.39, 0.29) is 5.78 Å². The summed E-state index contributed by atoms with van der Waals surface area (Å²) in [6.07, 6.45) is 4.47. The zero-order valence-corrected chi connectivity index (χ0v) is 11.5. The predicted octanol–water partition coefficient (Wildman–Crippen LogP) is 3.67. The van der Waals surface area contributed by atoms with Crippen LogP contribution in [0.4, 0.5) is 0 Å². The van der Waals surface area contributed by atoms with Crippen molar-refractivity contribution >= 4 is 5.78 Å². The molecule has 2 rings (SSSR count). The zero-order valence-electron chi connectivity index (χ0n) is 11.5. The Morgan fingerprint density at radius 1 is 1.16 bits per heavy atom. The van der Waals surface area contributed by atoms with Crippen molar-refractivity contribution in [1.82, 2.24) is 9.78 Å². The first-order valence-corrected chi connectivity index (χ1v) is 6.86. The second-order valence-corrected chi connectivity index (χ2v) is 4.72. The van der Waals surface area contributed by atoms with E-state index in [2.05, 4.69) is 18.9 Å². The molecule has 0 amide bonds. The molecule has 0 atom stereocenters. The molecule has 100 valence electrons. The maximum atomic E-state index is 12.1. The molecule has 3 heteroatoms. The Bertz CT molecular complexity index is 527. The molecule has 0 fully saturated rings. The molecule has 1 heterocycles. The summed E-state index contributed by atoms with van der Waals surface area (Å²) in [5.74, 6) is 0.121. The van der Waals surface area contributed by atoms with Gasteiger partial charge in [0, 0.05) is 11.8 Å². The van der Waals surface area contributed by atoms with Crippen molar-refractivity contribution in [2.24, 2.45) is 0 Å². The molecule has 2 aromatic rings. The fourth-order valence-corrected chi connectivity index (χ4v) is 2.23. The van der Waals surface area contributed by atoms with E-state index in [0.29, 0.717) is 12.5 Å². The Hall–Kier alpha value is -1.90. The third kappa shape index (κ3) is 3.31. The van der Waals surface area contributed by atoms with Crippen LogP contribution in [0.1, 0.15) is 48.8 Å². The third-order valence-corrected chi connectivity index (χ3v) is 3.42. The Labute approximate surface area is 114 Å². The molecule has 0 aliphatic heterocycles. The number of Topliss-reactive ketones (excluding diaryl/α,β-unsaturated/α-hetero) is 1. The number of ketones is 1. The van der Waals surface area contributed by atoms with Crippen molar-refractivity contribution < 1.29 is 4.79 Å². The Balaban J connectivity index is 2.06. The number of carbonyl (C=O) groups excluding carboxylic acids is 1. The summed E-state index contributed by atoms with van der Waals surface area (Å²) < 4.78 is 1.98. The van der Waals surface area contributed by atoms with Crippen LogP contribution < -0.4 is 0 Å². The number of carbonyl (C=O) groups is 1. The second-order valence-electron chi connectivity index (χ2n) is 4.72. The van der Waals surface area contributed by atoms with Gasteiger partial charge in [-0.15, -0.1) is 0 Å². The fourth-order valence-electron chi connectivity index (χ4n) is 2.23. The maximum Gasteiger partial charge on any atom is 0.168 e. The van der Waals surface area contributed by atoms with Crippen molar-refractivity contribution in [2.75, 3.05) is 0 Å². The SMILES string of the molecule is CCC(CC)n1ccc(CC(=O)c2ccccc2)n1. The van der Waals surface area contributed by atoms with Crippen molar-refractivity contribution in [3.05, 3.63) is 53.9 Å². The first kappa shape index (κ1) is 13.5. The van der Waals surface area contributed by atoms with E-state index in [1.807, 2.05) is 47.3 Å². The van der Waals surface area contributed by atoms with Crippen LogP contribution in [0.15, 0.2) is 42.6 Å². The van der Waals surface area contributed by atoms with Gasteiger partial charge < -0.3 is 0 Å². The number of rotatable bonds is 6. The second kappa shape index (κ2) is 6.32. The highest BCUT2D eigenvalue weighted by Crippen LogP contribution is 2.15. The van der Waals surface area contributed by atoms with Crippen LogP contribution in [0.2, 0.25) is 0 Å². The highest BCUT2D eigenvalue weighted by Gasteiger charge is 2.11. The van der Waals surface area contributed by atoms with E-state index >= 15 is 0 Å². The predicted molar refractivity (Wildman–Crippen MR) is 76.3 cm³/mol. The molecule has 0 N–H and O–H groups in total. The summed E-state index contributed by atoms with van der Waals surface area (Å²) in [7, 11) is 0. The number of hydrogen-bond acceptors (Lipinski definition) is 2. The van der Waals surface area contributed by atoms with Crippen LogP contribution in [-0.4, -0.2) is 15.6 Å². The molecule has 0 saturated heterocycles. The number of nitrogens with zero attached hydrogens (tertiary/aromatic N) is 2. The fraction of sp³-hybridized carbons (Fsp3) is 0.375. The minimum atomic E-state index is 0.121. The van der Waals surface area contributed by atoms with Crippen LogP contribution in [0.5, 0.6) is 0 Å². The third-order valence-electron chi connectivity index (χ3n) is 3.42. The molecule has 0 radical (unpaired) electrons. The molecule has 0 saturated carbocycles. The minimum absolute atomic E-state index is 0.121. The summed E-state index contributed by atoms with van der Waals surface area (Å²) in [5.41, 5.74) is 1.60. The number of aromatic nitrogens is 2. The van der Waals surface area contributed by atoms with Crippen LogP contribution in [-0.2, 0) is 6.42 Å². The lowest BCUT2D eigenvalue weighted by atomic mass is 10.1. The van der Waals surface area contributed by atoms with Gasteiger partial charge in [0.15, 0.2) is 5.78 Å². The van der Waals surface area contributed by atoms with Crippen LogP contribution in [0.3, 0.4) is 0 Å². The molecule has 1 aromatic carbocycles. The highest BCUT2D eigenvalue weighted by atomic mass is 16.1. The average Bonchev–Trinajstić information content (AvgIpc) is 2.89. The summed E-state index contributed by atoms with van der Waals surface area (Å²) >= 11 is 0. The average molecular weight is 256 g/mol. The number of hydrogen-bond donors (Lipinski definition) is 0. The first-order chi connectivity index (χ1) is 9.24. The van der Waals surface area contributed by atoms with Gasteiger partial charge in [0.1, 0.15) is 0 Å². The first-order valence-electron chi connectivity index (χ1n) is 6.86. The maximum absolute atomic E-state index is 12.1. The standard InChI is InChI=1S/C16H20N2O/c1-3-15(4-2)18-11-10-14(17-18)12-16(19)13-8-6-5-7-9-13/h5-11,15H,3-4,12H2,1-2H3. The van der Waals surface area contributed by atoms with Gasteiger partial charge in [-0.1, -0.05) is 44.2 Å². The van der Waals surface area contributed by atoms with E-state index in [0.717, 1.165) is 24.1 Å². The largest absolute Gasteiger partial charge is 0.294 e. The van der Waals surface area contributed by atoms with Gasteiger partial charge in [-0.2, -0.15) is 5.10 Å². The van der Waals surface area contributed by atoms with Crippen LogP contribution in [0, 0.1) is 0 Å². The van der Waals surface area contributed by atoms with Gasteiger partial charge in [0.05, 0.1) is 18.2 Å². The molecule has 0 spiro atoms. The molecule has 0 bridgehead atoms. The van der Waals surface area contributed by atoms with Crippen molar-refractivity contribution in [3.63, 3.8) is 0 Å². The lowest BCUT2D eigenvalue weighted by Gasteiger charge is -2.12.